The van der Waals surface area contributed by atoms with E-state index >= 15 is 0 Å². The Bertz CT molecular complexity index is 1020. The lowest BCUT2D eigenvalue weighted by Gasteiger charge is -2.10. The summed E-state index contributed by atoms with van der Waals surface area (Å²) >= 11 is 0. The molecule has 2 N–H and O–H groups in total. The number of carbonyl (C=O) groups is 1. The van der Waals surface area contributed by atoms with Crippen molar-refractivity contribution >= 4 is 11.7 Å². The van der Waals surface area contributed by atoms with Crippen molar-refractivity contribution in [2.45, 2.75) is 6.92 Å². The second-order valence-electron chi connectivity index (χ2n) is 5.38. The number of nitrogens with zero attached hydrogens (tertiary/aromatic N) is 4. The van der Waals surface area contributed by atoms with Gasteiger partial charge in [0.2, 0.25) is 5.88 Å². The topological polar surface area (TPSA) is 116 Å². The van der Waals surface area contributed by atoms with Crippen LogP contribution < -0.4 is 10.5 Å². The first kappa shape index (κ1) is 17.0. The molecule has 0 aliphatic rings. The normalized spacial score (nSPS) is 10.2. The summed E-state index contributed by atoms with van der Waals surface area (Å²) in [6, 6.07) is 8.89. The lowest BCUT2D eigenvalue weighted by atomic mass is 10.2. The van der Waals surface area contributed by atoms with Crippen LogP contribution in [0, 0.1) is 18.3 Å². The van der Waals surface area contributed by atoms with Crippen molar-refractivity contribution in [1.29, 1.82) is 5.26 Å². The quantitative estimate of drug-likeness (QED) is 0.720. The average Bonchev–Trinajstić information content (AvgIpc) is 2.98. The van der Waals surface area contributed by atoms with Crippen LogP contribution in [0.2, 0.25) is 0 Å². The van der Waals surface area contributed by atoms with Crippen molar-refractivity contribution < 1.29 is 14.3 Å². The standard InChI is InChI=1S/C18H15N5O3/c1-11-8-21-9-15(22-11)26-14-5-3-4-13(6-14)23-10-12(7-19)16(20)17(23)18(24)25-2/h3-6,8-10H,20H2,1-2H3. The van der Waals surface area contributed by atoms with Crippen LogP contribution in [-0.2, 0) is 4.74 Å². The van der Waals surface area contributed by atoms with Gasteiger partial charge in [-0.05, 0) is 19.1 Å². The first-order chi connectivity index (χ1) is 12.5. The smallest absolute Gasteiger partial charge is 0.357 e. The van der Waals surface area contributed by atoms with Crippen molar-refractivity contribution in [3.63, 3.8) is 0 Å². The summed E-state index contributed by atoms with van der Waals surface area (Å²) in [5, 5.41) is 9.20. The highest BCUT2D eigenvalue weighted by atomic mass is 16.5. The number of hydrogen-bond acceptors (Lipinski definition) is 7. The van der Waals surface area contributed by atoms with Crippen LogP contribution >= 0.6 is 0 Å². The van der Waals surface area contributed by atoms with E-state index in [1.165, 1.54) is 24.1 Å². The molecule has 0 radical (unpaired) electrons. The number of aromatic nitrogens is 3. The molecule has 130 valence electrons. The molecule has 0 amide bonds. The number of benzene rings is 1. The Kier molecular flexibility index (Phi) is 4.53. The first-order valence-electron chi connectivity index (χ1n) is 7.59. The van der Waals surface area contributed by atoms with E-state index in [9.17, 15) is 10.1 Å². The van der Waals surface area contributed by atoms with Gasteiger partial charge in [0, 0.05) is 24.1 Å². The molecule has 1 aromatic carbocycles. The van der Waals surface area contributed by atoms with E-state index in [1.807, 2.05) is 13.0 Å². The monoisotopic (exact) mass is 349 g/mol. The molecule has 2 heterocycles. The van der Waals surface area contributed by atoms with Gasteiger partial charge in [-0.3, -0.25) is 4.98 Å². The summed E-state index contributed by atoms with van der Waals surface area (Å²) < 4.78 is 12.0. The van der Waals surface area contributed by atoms with Crippen LogP contribution in [0.25, 0.3) is 5.69 Å². The summed E-state index contributed by atoms with van der Waals surface area (Å²) in [5.74, 6) is 0.198. The van der Waals surface area contributed by atoms with Crippen molar-refractivity contribution in [2.75, 3.05) is 12.8 Å². The second-order valence-corrected chi connectivity index (χ2v) is 5.38. The Morgan fingerprint density at radius 2 is 2.15 bits per heavy atom. The molecule has 3 rings (SSSR count). The number of methoxy groups -OCH3 is 1. The highest BCUT2D eigenvalue weighted by Gasteiger charge is 2.21. The van der Waals surface area contributed by atoms with Crippen LogP contribution in [0.5, 0.6) is 11.6 Å². The fraction of sp³-hybridized carbons (Fsp3) is 0.111. The summed E-state index contributed by atoms with van der Waals surface area (Å²) in [7, 11) is 1.25. The molecular formula is C18H15N5O3. The van der Waals surface area contributed by atoms with Gasteiger partial charge in [-0.25, -0.2) is 9.78 Å². The Balaban J connectivity index is 2.03. The average molecular weight is 349 g/mol. The summed E-state index contributed by atoms with van der Waals surface area (Å²) in [4.78, 5) is 20.4. The molecule has 0 saturated carbocycles. The summed E-state index contributed by atoms with van der Waals surface area (Å²) in [6.45, 7) is 1.81. The predicted octanol–water partition coefficient (Wildman–Crippen LogP) is 2.61. The molecule has 8 nitrogen and oxygen atoms in total. The zero-order valence-corrected chi connectivity index (χ0v) is 14.1. The van der Waals surface area contributed by atoms with Gasteiger partial charge in [-0.15, -0.1) is 0 Å². The van der Waals surface area contributed by atoms with Crippen LogP contribution in [0.15, 0.2) is 42.9 Å². The number of nitrogen functional groups attached to an aromatic ring is 1. The Hall–Kier alpha value is -3.86. The molecule has 0 bridgehead atoms. The number of anilines is 1. The first-order valence-corrected chi connectivity index (χ1v) is 7.59. The maximum absolute atomic E-state index is 12.1. The van der Waals surface area contributed by atoms with Gasteiger partial charge in [0.15, 0.2) is 5.69 Å². The summed E-state index contributed by atoms with van der Waals surface area (Å²) in [5.41, 5.74) is 7.55. The molecule has 0 unspecified atom stereocenters. The van der Waals surface area contributed by atoms with Gasteiger partial charge < -0.3 is 19.8 Å². The fourth-order valence-electron chi connectivity index (χ4n) is 2.43. The van der Waals surface area contributed by atoms with Gasteiger partial charge in [0.25, 0.3) is 0 Å². The van der Waals surface area contributed by atoms with Crippen LogP contribution in [-0.4, -0.2) is 27.6 Å². The Morgan fingerprint density at radius 1 is 1.35 bits per heavy atom. The number of esters is 1. The number of nitrogens with two attached hydrogens (primary N) is 1. The maximum Gasteiger partial charge on any atom is 0.357 e. The molecule has 0 atom stereocenters. The molecule has 2 aromatic heterocycles. The van der Waals surface area contributed by atoms with E-state index in [0.717, 1.165) is 5.69 Å². The molecule has 0 spiro atoms. The fourth-order valence-corrected chi connectivity index (χ4v) is 2.43. The van der Waals surface area contributed by atoms with Gasteiger partial charge >= 0.3 is 5.97 Å². The molecular weight excluding hydrogens is 334 g/mol. The zero-order valence-electron chi connectivity index (χ0n) is 14.1. The highest BCUT2D eigenvalue weighted by Crippen LogP contribution is 2.27. The number of ether oxygens (including phenoxy) is 2. The van der Waals surface area contributed by atoms with Crippen molar-refractivity contribution in [2.24, 2.45) is 0 Å². The van der Waals surface area contributed by atoms with Crippen LogP contribution in [0.1, 0.15) is 21.7 Å². The van der Waals surface area contributed by atoms with Crippen molar-refractivity contribution in [3.05, 3.63) is 59.8 Å². The predicted molar refractivity (Wildman–Crippen MR) is 93.1 cm³/mol. The number of carbonyl (C=O) groups excluding carboxylic acids is 1. The minimum Gasteiger partial charge on any atom is -0.464 e. The van der Waals surface area contributed by atoms with E-state index in [0.29, 0.717) is 17.3 Å². The molecule has 8 heteroatoms. The summed E-state index contributed by atoms with van der Waals surface area (Å²) in [6.07, 6.45) is 4.60. The zero-order chi connectivity index (χ0) is 18.7. The van der Waals surface area contributed by atoms with E-state index in [-0.39, 0.29) is 16.9 Å². The van der Waals surface area contributed by atoms with Crippen molar-refractivity contribution in [3.8, 4) is 23.4 Å². The van der Waals surface area contributed by atoms with Gasteiger partial charge in [-0.1, -0.05) is 6.07 Å². The van der Waals surface area contributed by atoms with Gasteiger partial charge in [0.05, 0.1) is 30.3 Å². The Morgan fingerprint density at radius 3 is 2.85 bits per heavy atom. The van der Waals surface area contributed by atoms with E-state index in [1.54, 1.807) is 30.5 Å². The third-order valence-electron chi connectivity index (χ3n) is 3.59. The van der Waals surface area contributed by atoms with E-state index in [4.69, 9.17) is 15.2 Å². The lowest BCUT2D eigenvalue weighted by Crippen LogP contribution is -2.11. The lowest BCUT2D eigenvalue weighted by molar-refractivity contribution is 0.0593. The highest BCUT2D eigenvalue weighted by molar-refractivity contribution is 5.95. The third-order valence-corrected chi connectivity index (χ3v) is 3.59. The molecule has 26 heavy (non-hydrogen) atoms. The number of rotatable bonds is 4. The molecule has 0 aliphatic heterocycles. The van der Waals surface area contributed by atoms with E-state index in [2.05, 4.69) is 9.97 Å². The molecule has 0 saturated heterocycles. The minimum atomic E-state index is -0.639. The molecule has 3 aromatic rings. The van der Waals surface area contributed by atoms with E-state index < -0.39 is 5.97 Å². The number of hydrogen-bond donors (Lipinski definition) is 1. The largest absolute Gasteiger partial charge is 0.464 e. The molecule has 0 aliphatic carbocycles. The molecule has 0 fully saturated rings. The number of nitriles is 1. The maximum atomic E-state index is 12.1. The SMILES string of the molecule is COC(=O)c1c(N)c(C#N)cn1-c1cccc(Oc2cncc(C)n2)c1. The van der Waals surface area contributed by atoms with Gasteiger partial charge in [-0.2, -0.15) is 5.26 Å². The van der Waals surface area contributed by atoms with Crippen LogP contribution in [0.4, 0.5) is 5.69 Å². The minimum absolute atomic E-state index is 0.0650. The second kappa shape index (κ2) is 6.94. The van der Waals surface area contributed by atoms with Gasteiger partial charge in [0.1, 0.15) is 11.8 Å². The Labute approximate surface area is 149 Å². The third kappa shape index (κ3) is 3.18. The van der Waals surface area contributed by atoms with Crippen LogP contribution in [0.3, 0.4) is 0 Å². The number of aryl methyl sites for hydroxylation is 1. The van der Waals surface area contributed by atoms with Crippen molar-refractivity contribution in [1.82, 2.24) is 14.5 Å².